The Kier molecular flexibility index (Phi) is 5.38. The number of hydrogen-bond acceptors (Lipinski definition) is 6. The molecule has 0 atom stereocenters. The molecule has 8 nitrogen and oxygen atoms in total. The van der Waals surface area contributed by atoms with Crippen molar-refractivity contribution < 1.29 is 13.2 Å². The van der Waals surface area contributed by atoms with Crippen molar-refractivity contribution in [2.45, 2.75) is 4.90 Å². The highest BCUT2D eigenvalue weighted by atomic mass is 32.2. The van der Waals surface area contributed by atoms with E-state index in [9.17, 15) is 13.2 Å². The summed E-state index contributed by atoms with van der Waals surface area (Å²) in [6, 6.07) is 13.8. The molecule has 6 N–H and O–H groups in total. The number of benzene rings is 2. The normalized spacial score (nSPS) is 11.4. The summed E-state index contributed by atoms with van der Waals surface area (Å²) in [5, 5.41) is 19.4. The summed E-state index contributed by atoms with van der Waals surface area (Å²) >= 11 is 0. The summed E-state index contributed by atoms with van der Waals surface area (Å²) < 4.78 is 22.4. The van der Waals surface area contributed by atoms with E-state index in [0.29, 0.717) is 17.1 Å². The summed E-state index contributed by atoms with van der Waals surface area (Å²) in [6.07, 6.45) is 1.22. The topological polar surface area (TPSA) is 151 Å². The van der Waals surface area contributed by atoms with Gasteiger partial charge in [0, 0.05) is 23.3 Å². The van der Waals surface area contributed by atoms with Gasteiger partial charge in [-0.3, -0.25) is 4.79 Å². The van der Waals surface area contributed by atoms with Crippen molar-refractivity contribution in [2.24, 2.45) is 5.14 Å². The average molecular weight is 357 g/mol. The Morgan fingerprint density at radius 2 is 1.60 bits per heavy atom. The van der Waals surface area contributed by atoms with Gasteiger partial charge in [0.25, 0.3) is 5.91 Å². The molecule has 0 fully saturated rings. The van der Waals surface area contributed by atoms with Crippen molar-refractivity contribution in [3.05, 3.63) is 60.3 Å². The number of primary sulfonamides is 1. The molecule has 0 spiro atoms. The van der Waals surface area contributed by atoms with Gasteiger partial charge in [0.15, 0.2) is 0 Å². The summed E-state index contributed by atoms with van der Waals surface area (Å²) in [5.41, 5.74) is 6.94. The predicted octanol–water partition coefficient (Wildman–Crippen LogP) is 1.37. The van der Waals surface area contributed by atoms with Crippen LogP contribution in [-0.4, -0.2) is 14.3 Å². The van der Waals surface area contributed by atoms with Gasteiger partial charge in [-0.05, 0) is 48.5 Å². The molecule has 1 amide bonds. The Balaban J connectivity index is 2.08. The fourth-order valence-corrected chi connectivity index (χ4v) is 2.33. The van der Waals surface area contributed by atoms with Gasteiger partial charge in [-0.1, -0.05) is 0 Å². The van der Waals surface area contributed by atoms with Crippen LogP contribution >= 0.6 is 0 Å². The minimum absolute atomic E-state index is 0.0383. The van der Waals surface area contributed by atoms with Gasteiger partial charge >= 0.3 is 0 Å². The summed E-state index contributed by atoms with van der Waals surface area (Å²) in [7, 11) is -3.78. The van der Waals surface area contributed by atoms with Crippen molar-refractivity contribution in [1.82, 2.24) is 0 Å². The minimum atomic E-state index is -3.78. The molecule has 0 radical (unpaired) electrons. The van der Waals surface area contributed by atoms with E-state index in [1.807, 2.05) is 0 Å². The number of anilines is 3. The zero-order valence-corrected chi connectivity index (χ0v) is 13.7. The number of hydrogen-bond donors (Lipinski definition) is 4. The second-order valence-corrected chi connectivity index (χ2v) is 6.52. The fourth-order valence-electron chi connectivity index (χ4n) is 1.81. The molecule has 25 heavy (non-hydrogen) atoms. The lowest BCUT2D eigenvalue weighted by molar-refractivity contribution is -0.112. The Labute approximate surface area is 144 Å². The number of amides is 1. The molecule has 2 aromatic rings. The number of nitriles is 1. The summed E-state index contributed by atoms with van der Waals surface area (Å²) in [5.74, 6) is -0.596. The molecule has 0 unspecified atom stereocenters. The Morgan fingerprint density at radius 3 is 2.12 bits per heavy atom. The van der Waals surface area contributed by atoms with E-state index in [2.05, 4.69) is 10.6 Å². The summed E-state index contributed by atoms with van der Waals surface area (Å²) in [6.45, 7) is 0. The lowest BCUT2D eigenvalue weighted by Crippen LogP contribution is -2.14. The average Bonchev–Trinajstić information content (AvgIpc) is 2.57. The Hall–Kier alpha value is -3.35. The second kappa shape index (κ2) is 7.48. The monoisotopic (exact) mass is 357 g/mol. The van der Waals surface area contributed by atoms with Crippen LogP contribution in [0.4, 0.5) is 17.1 Å². The highest BCUT2D eigenvalue weighted by Gasteiger charge is 2.10. The van der Waals surface area contributed by atoms with Crippen LogP contribution in [0.2, 0.25) is 0 Å². The number of carbonyl (C=O) groups excluding carboxylic acids is 1. The lowest BCUT2D eigenvalue weighted by Gasteiger charge is -2.06. The van der Waals surface area contributed by atoms with Crippen molar-refractivity contribution >= 4 is 33.0 Å². The molecule has 2 aromatic carbocycles. The van der Waals surface area contributed by atoms with Crippen LogP contribution in [0, 0.1) is 11.3 Å². The smallest absolute Gasteiger partial charge is 0.267 e. The molecular weight excluding hydrogens is 342 g/mol. The third-order valence-electron chi connectivity index (χ3n) is 3.10. The molecule has 0 aromatic heterocycles. The van der Waals surface area contributed by atoms with Crippen LogP contribution in [0.5, 0.6) is 0 Å². The van der Waals surface area contributed by atoms with Crippen LogP contribution in [0.15, 0.2) is 65.2 Å². The molecule has 2 rings (SSSR count). The van der Waals surface area contributed by atoms with Gasteiger partial charge in [-0.2, -0.15) is 5.26 Å². The number of nitrogens with two attached hydrogens (primary N) is 2. The number of carbonyl (C=O) groups is 1. The molecule has 0 saturated carbocycles. The van der Waals surface area contributed by atoms with Gasteiger partial charge in [0.05, 0.1) is 4.90 Å². The van der Waals surface area contributed by atoms with E-state index in [-0.39, 0.29) is 10.5 Å². The highest BCUT2D eigenvalue weighted by Crippen LogP contribution is 2.14. The van der Waals surface area contributed by atoms with Crippen molar-refractivity contribution in [2.75, 3.05) is 16.4 Å². The Morgan fingerprint density at radius 1 is 1.04 bits per heavy atom. The van der Waals surface area contributed by atoms with E-state index in [4.69, 9.17) is 16.1 Å². The first kappa shape index (κ1) is 18.0. The van der Waals surface area contributed by atoms with Crippen LogP contribution < -0.4 is 21.5 Å². The van der Waals surface area contributed by atoms with Gasteiger partial charge in [-0.25, -0.2) is 13.6 Å². The number of nitrogens with one attached hydrogen (secondary N) is 2. The van der Waals surface area contributed by atoms with Gasteiger partial charge < -0.3 is 16.4 Å². The maximum absolute atomic E-state index is 12.1. The SMILES string of the molecule is N#C/C(=C/Nc1ccc(S(N)(=O)=O)cc1)C(=O)Nc1ccc(N)cc1. The number of rotatable bonds is 5. The van der Waals surface area contributed by atoms with E-state index >= 15 is 0 Å². The predicted molar refractivity (Wildman–Crippen MR) is 94.6 cm³/mol. The molecule has 128 valence electrons. The van der Waals surface area contributed by atoms with Gasteiger partial charge in [0.2, 0.25) is 10.0 Å². The molecule has 0 aliphatic rings. The zero-order chi connectivity index (χ0) is 18.4. The molecule has 0 aliphatic carbocycles. The highest BCUT2D eigenvalue weighted by molar-refractivity contribution is 7.89. The minimum Gasteiger partial charge on any atom is -0.399 e. The number of sulfonamides is 1. The van der Waals surface area contributed by atoms with Crippen LogP contribution in [-0.2, 0) is 14.8 Å². The lowest BCUT2D eigenvalue weighted by atomic mass is 10.2. The summed E-state index contributed by atoms with van der Waals surface area (Å²) in [4.78, 5) is 12.0. The molecule has 0 saturated heterocycles. The van der Waals surface area contributed by atoms with E-state index < -0.39 is 15.9 Å². The molecule has 0 bridgehead atoms. The van der Waals surface area contributed by atoms with Crippen LogP contribution in [0.1, 0.15) is 0 Å². The first-order valence-electron chi connectivity index (χ1n) is 6.96. The van der Waals surface area contributed by atoms with Gasteiger partial charge in [0.1, 0.15) is 11.6 Å². The first-order valence-corrected chi connectivity index (χ1v) is 8.51. The van der Waals surface area contributed by atoms with E-state index in [0.717, 1.165) is 0 Å². The third kappa shape index (κ3) is 5.07. The quantitative estimate of drug-likeness (QED) is 0.360. The second-order valence-electron chi connectivity index (χ2n) is 4.96. The Bertz CT molecular complexity index is 943. The largest absolute Gasteiger partial charge is 0.399 e. The van der Waals surface area contributed by atoms with Gasteiger partial charge in [-0.15, -0.1) is 0 Å². The molecular formula is C16H15N5O3S. The number of nitrogens with zero attached hydrogens (tertiary/aromatic N) is 1. The zero-order valence-electron chi connectivity index (χ0n) is 12.9. The van der Waals surface area contributed by atoms with Crippen LogP contribution in [0.3, 0.4) is 0 Å². The molecule has 9 heteroatoms. The maximum Gasteiger partial charge on any atom is 0.267 e. The van der Waals surface area contributed by atoms with Crippen molar-refractivity contribution in [3.63, 3.8) is 0 Å². The van der Waals surface area contributed by atoms with Crippen molar-refractivity contribution in [1.29, 1.82) is 5.26 Å². The molecule has 0 aliphatic heterocycles. The molecule has 0 heterocycles. The van der Waals surface area contributed by atoms with Crippen molar-refractivity contribution in [3.8, 4) is 6.07 Å². The maximum atomic E-state index is 12.1. The fraction of sp³-hybridized carbons (Fsp3) is 0. The van der Waals surface area contributed by atoms with E-state index in [1.54, 1.807) is 30.3 Å². The van der Waals surface area contributed by atoms with Crippen LogP contribution in [0.25, 0.3) is 0 Å². The first-order chi connectivity index (χ1) is 11.8. The third-order valence-corrected chi connectivity index (χ3v) is 4.03. The van der Waals surface area contributed by atoms with E-state index in [1.165, 1.54) is 30.5 Å². The standard InChI is InChI=1S/C16H15N5O3S/c17-9-11(16(22)21-14-3-1-12(18)2-4-14)10-20-13-5-7-15(8-6-13)25(19,23)24/h1-8,10,20H,18H2,(H,21,22)(H2,19,23,24)/b11-10-. The number of nitrogen functional groups attached to an aromatic ring is 1.